The Morgan fingerprint density at radius 3 is 2.32 bits per heavy atom. The minimum absolute atomic E-state index is 0.00934. The number of carboxylic acid groups (broad SMARTS) is 1. The van der Waals surface area contributed by atoms with Gasteiger partial charge >= 0.3 is 5.97 Å². The smallest absolute Gasteiger partial charge is 0.304 e. The van der Waals surface area contributed by atoms with Crippen LogP contribution in [-0.4, -0.2) is 45.2 Å². The molecule has 1 aliphatic heterocycles. The lowest BCUT2D eigenvalue weighted by atomic mass is 9.70. The van der Waals surface area contributed by atoms with Gasteiger partial charge in [0.05, 0.1) is 17.6 Å². The molecule has 4 rings (SSSR count). The Balaban J connectivity index is 1.76. The van der Waals surface area contributed by atoms with Crippen LogP contribution in [0, 0.1) is 6.92 Å². The first kappa shape index (κ1) is 25.7. The van der Waals surface area contributed by atoms with Gasteiger partial charge in [-0.3, -0.25) is 19.2 Å². The molecule has 2 aliphatic rings. The quantitative estimate of drug-likeness (QED) is 0.252. The Bertz CT molecular complexity index is 1420. The van der Waals surface area contributed by atoms with Crippen LogP contribution in [0.3, 0.4) is 0 Å². The number of fused-ring (bicyclic) bond motifs is 3. The van der Waals surface area contributed by atoms with E-state index >= 15 is 0 Å². The van der Waals surface area contributed by atoms with E-state index in [1.165, 1.54) is 20.8 Å². The predicted molar refractivity (Wildman–Crippen MR) is 133 cm³/mol. The number of benzene rings is 2. The van der Waals surface area contributed by atoms with Gasteiger partial charge in [0.25, 0.3) is 0 Å². The van der Waals surface area contributed by atoms with Crippen LogP contribution >= 0.6 is 0 Å². The van der Waals surface area contributed by atoms with Crippen molar-refractivity contribution in [2.24, 2.45) is 0 Å². The van der Waals surface area contributed by atoms with Gasteiger partial charge in [-0.25, -0.2) is 0 Å². The molecule has 0 bridgehead atoms. The summed E-state index contributed by atoms with van der Waals surface area (Å²) >= 11 is 0. The van der Waals surface area contributed by atoms with Crippen LogP contribution in [0.2, 0.25) is 0 Å². The van der Waals surface area contributed by atoms with Gasteiger partial charge in [-0.05, 0) is 33.3 Å². The SMILES string of the molecule is CC(=O)c1c(O)c(C)c(O)c2c1OC1=CC(=O)/C(=C(/C)NC[C@@H](CC(=O)O)c3ccccc3)C(=O)[C@@]12C. The topological polar surface area (TPSA) is 150 Å². The van der Waals surface area contributed by atoms with E-state index in [1.807, 2.05) is 18.2 Å². The summed E-state index contributed by atoms with van der Waals surface area (Å²) in [5.41, 5.74) is -0.904. The summed E-state index contributed by atoms with van der Waals surface area (Å²) in [6.45, 7) is 5.83. The average molecular weight is 506 g/mol. The molecule has 1 aliphatic carbocycles. The molecule has 9 nitrogen and oxygen atoms in total. The minimum Gasteiger partial charge on any atom is -0.507 e. The van der Waals surface area contributed by atoms with Gasteiger partial charge < -0.3 is 25.4 Å². The van der Waals surface area contributed by atoms with Gasteiger partial charge in [-0.15, -0.1) is 0 Å². The van der Waals surface area contributed by atoms with Crippen molar-refractivity contribution < 1.29 is 39.2 Å². The highest BCUT2D eigenvalue weighted by atomic mass is 16.5. The minimum atomic E-state index is -1.62. The first-order valence-corrected chi connectivity index (χ1v) is 11.7. The molecule has 192 valence electrons. The molecule has 0 amide bonds. The molecule has 2 aromatic carbocycles. The molecule has 0 spiro atoms. The lowest BCUT2D eigenvalue weighted by molar-refractivity contribution is -0.137. The molecule has 9 heteroatoms. The van der Waals surface area contributed by atoms with Crippen LogP contribution in [0.15, 0.2) is 53.4 Å². The van der Waals surface area contributed by atoms with E-state index in [0.29, 0.717) is 0 Å². The lowest BCUT2D eigenvalue weighted by Gasteiger charge is -2.29. The number of ether oxygens (including phenoxy) is 1. The Morgan fingerprint density at radius 2 is 1.73 bits per heavy atom. The molecule has 37 heavy (non-hydrogen) atoms. The number of phenolic OH excluding ortho intramolecular Hbond substituents is 2. The number of hydrogen-bond donors (Lipinski definition) is 4. The van der Waals surface area contributed by atoms with Gasteiger partial charge in [0.2, 0.25) is 0 Å². The van der Waals surface area contributed by atoms with Crippen molar-refractivity contribution in [3.8, 4) is 17.2 Å². The molecule has 0 unspecified atom stereocenters. The summed E-state index contributed by atoms with van der Waals surface area (Å²) in [4.78, 5) is 50.7. The highest BCUT2D eigenvalue weighted by molar-refractivity contribution is 6.31. The number of aromatic hydroxyl groups is 2. The first-order valence-electron chi connectivity index (χ1n) is 11.7. The number of carbonyl (C=O) groups excluding carboxylic acids is 3. The second-order valence-corrected chi connectivity index (χ2v) is 9.47. The highest BCUT2D eigenvalue weighted by Gasteiger charge is 2.56. The Kier molecular flexibility index (Phi) is 6.41. The van der Waals surface area contributed by atoms with E-state index in [0.717, 1.165) is 11.6 Å². The van der Waals surface area contributed by atoms with E-state index in [9.17, 15) is 34.5 Å². The molecule has 2 aromatic rings. The molecule has 2 atom stereocenters. The Labute approximate surface area is 213 Å². The van der Waals surface area contributed by atoms with Crippen molar-refractivity contribution in [3.63, 3.8) is 0 Å². The van der Waals surface area contributed by atoms with Crippen molar-refractivity contribution >= 4 is 23.3 Å². The normalized spacial score (nSPS) is 20.4. The summed E-state index contributed by atoms with van der Waals surface area (Å²) in [5, 5.41) is 33.8. The number of ketones is 3. The predicted octanol–water partition coefficient (Wildman–Crippen LogP) is 3.42. The second-order valence-electron chi connectivity index (χ2n) is 9.47. The molecule has 0 fully saturated rings. The van der Waals surface area contributed by atoms with Crippen molar-refractivity contribution in [2.75, 3.05) is 6.54 Å². The van der Waals surface area contributed by atoms with Crippen LogP contribution < -0.4 is 10.1 Å². The third-order valence-corrected chi connectivity index (χ3v) is 7.07. The fourth-order valence-corrected chi connectivity index (χ4v) is 4.97. The zero-order chi connectivity index (χ0) is 27.2. The monoisotopic (exact) mass is 505 g/mol. The second kappa shape index (κ2) is 9.24. The summed E-state index contributed by atoms with van der Waals surface area (Å²) in [6.07, 6.45) is 0.985. The van der Waals surface area contributed by atoms with Gasteiger partial charge in [-0.2, -0.15) is 0 Å². The molecule has 0 aromatic heterocycles. The zero-order valence-corrected chi connectivity index (χ0v) is 20.8. The van der Waals surface area contributed by atoms with Gasteiger partial charge in [0.1, 0.15) is 34.0 Å². The molecule has 1 heterocycles. The highest BCUT2D eigenvalue weighted by Crippen LogP contribution is 2.57. The number of carboxylic acids is 1. The number of nitrogens with one attached hydrogen (secondary N) is 1. The van der Waals surface area contributed by atoms with Crippen LogP contribution in [-0.2, 0) is 19.8 Å². The molecule has 0 radical (unpaired) electrons. The van der Waals surface area contributed by atoms with E-state index in [4.69, 9.17) is 4.74 Å². The number of allylic oxidation sites excluding steroid dienone is 4. The van der Waals surface area contributed by atoms with E-state index in [1.54, 1.807) is 19.1 Å². The summed E-state index contributed by atoms with van der Waals surface area (Å²) in [7, 11) is 0. The largest absolute Gasteiger partial charge is 0.507 e. The van der Waals surface area contributed by atoms with Gasteiger partial charge in [-0.1, -0.05) is 30.3 Å². The van der Waals surface area contributed by atoms with Crippen molar-refractivity contribution in [2.45, 2.75) is 45.4 Å². The van der Waals surface area contributed by atoms with E-state index < -0.39 is 46.2 Å². The maximum Gasteiger partial charge on any atom is 0.304 e. The summed E-state index contributed by atoms with van der Waals surface area (Å²) < 4.78 is 5.76. The van der Waals surface area contributed by atoms with E-state index in [2.05, 4.69) is 5.32 Å². The first-order chi connectivity index (χ1) is 17.4. The third-order valence-electron chi connectivity index (χ3n) is 7.07. The number of rotatable bonds is 7. The van der Waals surface area contributed by atoms with Crippen molar-refractivity contribution in [1.29, 1.82) is 0 Å². The summed E-state index contributed by atoms with van der Waals surface area (Å²) in [5.74, 6) is -4.28. The Morgan fingerprint density at radius 1 is 1.08 bits per heavy atom. The molecular weight excluding hydrogens is 478 g/mol. The van der Waals surface area contributed by atoms with Gasteiger partial charge in [0.15, 0.2) is 17.3 Å². The van der Waals surface area contributed by atoms with Crippen LogP contribution in [0.5, 0.6) is 17.2 Å². The number of Topliss-reactive ketones (excluding diaryl/α,β-unsaturated/α-hetero) is 2. The van der Waals surface area contributed by atoms with Crippen molar-refractivity contribution in [1.82, 2.24) is 5.32 Å². The lowest BCUT2D eigenvalue weighted by Crippen LogP contribution is -2.41. The number of aliphatic carboxylic acids is 1. The third kappa shape index (κ3) is 4.06. The number of carbonyl (C=O) groups is 4. The zero-order valence-electron chi connectivity index (χ0n) is 20.8. The summed E-state index contributed by atoms with van der Waals surface area (Å²) in [6, 6.07) is 9.04. The van der Waals surface area contributed by atoms with Crippen molar-refractivity contribution in [3.05, 3.63) is 75.7 Å². The average Bonchev–Trinajstić information content (AvgIpc) is 3.13. The molecular formula is C28H27NO8. The standard InChI is InChI=1S/C28H27NO8/c1-13-24(34)22(15(3)30)26-23(25(13)35)28(4)19(37-26)11-18(31)21(27(28)36)14(2)29-12-17(10-20(32)33)16-8-6-5-7-9-16/h5-9,11,17,29,34-35H,10,12H2,1-4H3,(H,32,33)/b21-14+/t17-,28+/m1/s1. The number of phenols is 2. The van der Waals surface area contributed by atoms with E-state index in [-0.39, 0.29) is 52.4 Å². The van der Waals surface area contributed by atoms with Gasteiger partial charge in [0, 0.05) is 29.8 Å². The molecule has 4 N–H and O–H groups in total. The Hall–Kier alpha value is -4.40. The molecule has 0 saturated heterocycles. The number of hydrogen-bond acceptors (Lipinski definition) is 8. The molecule has 0 saturated carbocycles. The van der Waals surface area contributed by atoms with Crippen LogP contribution in [0.4, 0.5) is 0 Å². The maximum atomic E-state index is 13.9. The van der Waals surface area contributed by atoms with Crippen LogP contribution in [0.25, 0.3) is 0 Å². The fraction of sp³-hybridized carbons (Fsp3) is 0.286. The fourth-order valence-electron chi connectivity index (χ4n) is 4.97. The maximum absolute atomic E-state index is 13.9. The van der Waals surface area contributed by atoms with Crippen LogP contribution in [0.1, 0.15) is 60.2 Å².